The van der Waals surface area contributed by atoms with Gasteiger partial charge in [0, 0.05) is 10.9 Å². The van der Waals surface area contributed by atoms with Gasteiger partial charge in [0.1, 0.15) is 16.3 Å². The summed E-state index contributed by atoms with van der Waals surface area (Å²) in [5.41, 5.74) is 3.10. The lowest BCUT2D eigenvalue weighted by molar-refractivity contribution is -0.118. The molecule has 0 spiro atoms. The van der Waals surface area contributed by atoms with Gasteiger partial charge in [0.05, 0.1) is 11.1 Å². The molecule has 1 N–H and O–H groups in total. The average molecular weight is 474 g/mol. The number of carbonyl (C=O) groups is 2. The van der Waals surface area contributed by atoms with Gasteiger partial charge < -0.3 is 14.8 Å². The number of esters is 1. The summed E-state index contributed by atoms with van der Waals surface area (Å²) < 4.78 is 11.5. The number of hydrogen-bond acceptors (Lipinski definition) is 5. The second kappa shape index (κ2) is 9.71. The molecule has 0 unspecified atom stereocenters. The topological polar surface area (TPSA) is 64.6 Å². The SMILES string of the molecule is CCOC(=O)c1c(-c2ccc(C)cc2)csc1NC(=O)COc1ccccc1Br. The number of halogens is 1. The summed E-state index contributed by atoms with van der Waals surface area (Å²) in [5, 5.41) is 5.07. The van der Waals surface area contributed by atoms with E-state index in [2.05, 4.69) is 21.2 Å². The summed E-state index contributed by atoms with van der Waals surface area (Å²) >= 11 is 4.66. The number of ether oxygens (including phenoxy) is 2. The molecule has 0 saturated carbocycles. The van der Waals surface area contributed by atoms with Crippen molar-refractivity contribution in [2.45, 2.75) is 13.8 Å². The van der Waals surface area contributed by atoms with Crippen molar-refractivity contribution in [2.24, 2.45) is 0 Å². The predicted molar refractivity (Wildman–Crippen MR) is 119 cm³/mol. The highest BCUT2D eigenvalue weighted by Gasteiger charge is 2.23. The van der Waals surface area contributed by atoms with E-state index in [1.54, 1.807) is 13.0 Å². The van der Waals surface area contributed by atoms with Crippen molar-refractivity contribution < 1.29 is 19.1 Å². The maximum atomic E-state index is 12.6. The third kappa shape index (κ3) is 5.25. The Morgan fingerprint density at radius 1 is 1.10 bits per heavy atom. The molecule has 0 saturated heterocycles. The molecule has 5 nitrogen and oxygen atoms in total. The van der Waals surface area contributed by atoms with Crippen LogP contribution in [0.2, 0.25) is 0 Å². The summed E-state index contributed by atoms with van der Waals surface area (Å²) in [6.07, 6.45) is 0. The second-order valence-corrected chi connectivity index (χ2v) is 7.94. The minimum atomic E-state index is -0.466. The molecule has 0 aliphatic rings. The Bertz CT molecular complexity index is 1010. The third-order valence-corrected chi connectivity index (χ3v) is 5.63. The Kier molecular flexibility index (Phi) is 7.06. The molecule has 2 aromatic carbocycles. The zero-order chi connectivity index (χ0) is 20.8. The number of rotatable bonds is 7. The molecule has 3 aromatic rings. The molecular formula is C22H20BrNO4S. The van der Waals surface area contributed by atoms with Crippen molar-refractivity contribution in [3.05, 3.63) is 69.5 Å². The minimum Gasteiger partial charge on any atom is -0.483 e. The largest absolute Gasteiger partial charge is 0.483 e. The van der Waals surface area contributed by atoms with Gasteiger partial charge in [-0.2, -0.15) is 0 Å². The molecule has 0 radical (unpaired) electrons. The maximum absolute atomic E-state index is 12.6. The van der Waals surface area contributed by atoms with Gasteiger partial charge in [-0.15, -0.1) is 11.3 Å². The van der Waals surface area contributed by atoms with Crippen LogP contribution in [0.5, 0.6) is 5.75 Å². The fourth-order valence-electron chi connectivity index (χ4n) is 2.67. The Morgan fingerprint density at radius 2 is 1.83 bits per heavy atom. The van der Waals surface area contributed by atoms with Crippen molar-refractivity contribution in [1.29, 1.82) is 0 Å². The Balaban J connectivity index is 1.81. The number of aryl methyl sites for hydroxylation is 1. The van der Waals surface area contributed by atoms with Crippen LogP contribution < -0.4 is 10.1 Å². The number of nitrogens with one attached hydrogen (secondary N) is 1. The molecule has 7 heteroatoms. The molecule has 3 rings (SSSR count). The van der Waals surface area contributed by atoms with Crippen LogP contribution in [0.1, 0.15) is 22.8 Å². The minimum absolute atomic E-state index is 0.178. The van der Waals surface area contributed by atoms with Crippen molar-refractivity contribution in [2.75, 3.05) is 18.5 Å². The van der Waals surface area contributed by atoms with Crippen LogP contribution in [0.3, 0.4) is 0 Å². The Labute approximate surface area is 181 Å². The molecule has 1 heterocycles. The Hall–Kier alpha value is -2.64. The highest BCUT2D eigenvalue weighted by Crippen LogP contribution is 2.36. The Morgan fingerprint density at radius 3 is 2.52 bits per heavy atom. The molecule has 0 atom stereocenters. The van der Waals surface area contributed by atoms with Gasteiger partial charge in [0.25, 0.3) is 5.91 Å². The molecule has 1 aromatic heterocycles. The van der Waals surface area contributed by atoms with E-state index in [1.807, 2.05) is 54.8 Å². The first-order chi connectivity index (χ1) is 14.0. The van der Waals surface area contributed by atoms with E-state index in [9.17, 15) is 9.59 Å². The first-order valence-electron chi connectivity index (χ1n) is 9.02. The van der Waals surface area contributed by atoms with Crippen molar-refractivity contribution in [1.82, 2.24) is 0 Å². The van der Waals surface area contributed by atoms with Crippen LogP contribution in [0.4, 0.5) is 5.00 Å². The number of anilines is 1. The summed E-state index contributed by atoms with van der Waals surface area (Å²) in [5.74, 6) is -0.255. The first-order valence-corrected chi connectivity index (χ1v) is 10.7. The molecular weight excluding hydrogens is 454 g/mol. The fraction of sp³-hybridized carbons (Fsp3) is 0.182. The summed E-state index contributed by atoms with van der Waals surface area (Å²) in [4.78, 5) is 25.0. The zero-order valence-electron chi connectivity index (χ0n) is 16.0. The highest BCUT2D eigenvalue weighted by atomic mass is 79.9. The van der Waals surface area contributed by atoms with E-state index in [0.717, 1.165) is 21.2 Å². The second-order valence-electron chi connectivity index (χ2n) is 6.21. The van der Waals surface area contributed by atoms with Gasteiger partial charge in [-0.05, 0) is 47.5 Å². The molecule has 1 amide bonds. The van der Waals surface area contributed by atoms with Crippen molar-refractivity contribution in [3.63, 3.8) is 0 Å². The molecule has 0 fully saturated rings. The molecule has 0 bridgehead atoms. The van der Waals surface area contributed by atoms with E-state index in [4.69, 9.17) is 9.47 Å². The van der Waals surface area contributed by atoms with Crippen LogP contribution in [-0.2, 0) is 9.53 Å². The average Bonchev–Trinajstić information content (AvgIpc) is 3.11. The number of hydrogen-bond donors (Lipinski definition) is 1. The van der Waals surface area contributed by atoms with Gasteiger partial charge in [0.2, 0.25) is 0 Å². The van der Waals surface area contributed by atoms with E-state index in [0.29, 0.717) is 16.3 Å². The van der Waals surface area contributed by atoms with Crippen LogP contribution >= 0.6 is 27.3 Å². The van der Waals surface area contributed by atoms with E-state index in [-0.39, 0.29) is 19.1 Å². The summed E-state index contributed by atoms with van der Waals surface area (Å²) in [6.45, 7) is 3.82. The maximum Gasteiger partial charge on any atom is 0.341 e. The van der Waals surface area contributed by atoms with E-state index < -0.39 is 5.97 Å². The molecule has 150 valence electrons. The number of para-hydroxylation sites is 1. The lowest BCUT2D eigenvalue weighted by Gasteiger charge is -2.10. The fourth-order valence-corrected chi connectivity index (χ4v) is 4.04. The molecule has 0 aliphatic carbocycles. The zero-order valence-corrected chi connectivity index (χ0v) is 18.4. The predicted octanol–water partition coefficient (Wildman–Crippen LogP) is 5.68. The number of carbonyl (C=O) groups excluding carboxylic acids is 2. The lowest BCUT2D eigenvalue weighted by Crippen LogP contribution is -2.21. The monoisotopic (exact) mass is 473 g/mol. The van der Waals surface area contributed by atoms with E-state index >= 15 is 0 Å². The molecule has 29 heavy (non-hydrogen) atoms. The van der Waals surface area contributed by atoms with Gasteiger partial charge >= 0.3 is 5.97 Å². The third-order valence-electron chi connectivity index (χ3n) is 4.08. The first kappa shape index (κ1) is 21.1. The van der Waals surface area contributed by atoms with Crippen LogP contribution in [-0.4, -0.2) is 25.1 Å². The van der Waals surface area contributed by atoms with Crippen LogP contribution in [0.25, 0.3) is 11.1 Å². The van der Waals surface area contributed by atoms with Gasteiger partial charge in [-0.3, -0.25) is 4.79 Å². The van der Waals surface area contributed by atoms with Crippen LogP contribution in [0, 0.1) is 6.92 Å². The summed E-state index contributed by atoms with van der Waals surface area (Å²) in [7, 11) is 0. The van der Waals surface area contributed by atoms with Gasteiger partial charge in [0.15, 0.2) is 6.61 Å². The molecule has 0 aliphatic heterocycles. The smallest absolute Gasteiger partial charge is 0.341 e. The van der Waals surface area contributed by atoms with Gasteiger partial charge in [-0.1, -0.05) is 42.0 Å². The van der Waals surface area contributed by atoms with Crippen molar-refractivity contribution in [3.8, 4) is 16.9 Å². The van der Waals surface area contributed by atoms with Crippen molar-refractivity contribution >= 4 is 44.1 Å². The normalized spacial score (nSPS) is 10.4. The highest BCUT2D eigenvalue weighted by molar-refractivity contribution is 9.10. The lowest BCUT2D eigenvalue weighted by atomic mass is 10.0. The number of amides is 1. The van der Waals surface area contributed by atoms with E-state index in [1.165, 1.54) is 11.3 Å². The number of thiophene rings is 1. The van der Waals surface area contributed by atoms with Gasteiger partial charge in [-0.25, -0.2) is 4.79 Å². The quantitative estimate of drug-likeness (QED) is 0.448. The van der Waals surface area contributed by atoms with Crippen LogP contribution in [0.15, 0.2) is 58.4 Å². The standard InChI is InChI=1S/C22H20BrNO4S/c1-3-27-22(26)20-16(15-10-8-14(2)9-11-15)13-29-21(20)24-19(25)12-28-18-7-5-4-6-17(18)23/h4-11,13H,3,12H2,1-2H3,(H,24,25). The number of benzene rings is 2. The summed E-state index contributed by atoms with van der Waals surface area (Å²) in [6, 6.07) is 15.1.